The van der Waals surface area contributed by atoms with Gasteiger partial charge < -0.3 is 10.4 Å². The van der Waals surface area contributed by atoms with Gasteiger partial charge in [0.25, 0.3) is 5.91 Å². The van der Waals surface area contributed by atoms with Gasteiger partial charge in [0.05, 0.1) is 17.7 Å². The summed E-state index contributed by atoms with van der Waals surface area (Å²) >= 11 is 7.00. The highest BCUT2D eigenvalue weighted by Crippen LogP contribution is 2.21. The van der Waals surface area contributed by atoms with Crippen LogP contribution in [0.2, 0.25) is 5.02 Å². The van der Waals surface area contributed by atoms with Crippen molar-refractivity contribution in [2.75, 3.05) is 0 Å². The molecule has 4 nitrogen and oxygen atoms in total. The third-order valence-electron chi connectivity index (χ3n) is 3.04. The third-order valence-corrected chi connectivity index (χ3v) is 4.20. The smallest absolute Gasteiger partial charge is 0.263 e. The maximum Gasteiger partial charge on any atom is 0.263 e. The highest BCUT2D eigenvalue weighted by Gasteiger charge is 2.21. The Hall–Kier alpha value is -1.87. The van der Waals surface area contributed by atoms with Crippen molar-refractivity contribution in [2.24, 2.45) is 0 Å². The Balaban J connectivity index is 2.07. The Kier molecular flexibility index (Phi) is 4.97. The minimum atomic E-state index is -0.850. The molecular weight excluding hydrogens is 308 g/mol. The molecule has 2 unspecified atom stereocenters. The molecule has 0 bridgehead atoms. The van der Waals surface area contributed by atoms with Crippen molar-refractivity contribution in [3.05, 3.63) is 56.7 Å². The van der Waals surface area contributed by atoms with Crippen LogP contribution in [0.25, 0.3) is 0 Å². The van der Waals surface area contributed by atoms with E-state index in [4.69, 9.17) is 16.9 Å². The van der Waals surface area contributed by atoms with Crippen molar-refractivity contribution in [2.45, 2.75) is 19.1 Å². The van der Waals surface area contributed by atoms with Gasteiger partial charge in [-0.2, -0.15) is 5.26 Å². The number of nitrogens with one attached hydrogen (secondary N) is 1. The maximum absolute atomic E-state index is 12.1. The second kappa shape index (κ2) is 6.72. The average Bonchev–Trinajstić information content (AvgIpc) is 2.95. The van der Waals surface area contributed by atoms with E-state index in [0.29, 0.717) is 21.0 Å². The number of aliphatic hydroxyl groups is 1. The highest BCUT2D eigenvalue weighted by molar-refractivity contribution is 7.12. The number of nitriles is 1. The molecule has 0 aliphatic heterocycles. The predicted molar refractivity (Wildman–Crippen MR) is 82.4 cm³/mol. The second-order valence-electron chi connectivity index (χ2n) is 4.53. The molecule has 0 saturated carbocycles. The van der Waals surface area contributed by atoms with Gasteiger partial charge in [0.2, 0.25) is 0 Å². The van der Waals surface area contributed by atoms with E-state index in [2.05, 4.69) is 5.32 Å². The van der Waals surface area contributed by atoms with Gasteiger partial charge in [-0.25, -0.2) is 0 Å². The molecule has 2 N–H and O–H groups in total. The fourth-order valence-corrected chi connectivity index (χ4v) is 2.75. The summed E-state index contributed by atoms with van der Waals surface area (Å²) in [5.74, 6) is -0.359. The molecule has 0 aliphatic carbocycles. The van der Waals surface area contributed by atoms with E-state index in [1.165, 1.54) is 11.3 Å². The van der Waals surface area contributed by atoms with Gasteiger partial charge in [-0.1, -0.05) is 23.7 Å². The number of rotatable bonds is 4. The zero-order chi connectivity index (χ0) is 15.4. The Bertz CT molecular complexity index is 676. The third kappa shape index (κ3) is 3.61. The molecular formula is C15H13ClN2O2S. The highest BCUT2D eigenvalue weighted by atomic mass is 35.5. The van der Waals surface area contributed by atoms with Gasteiger partial charge in [0, 0.05) is 5.02 Å². The van der Waals surface area contributed by atoms with Crippen LogP contribution >= 0.6 is 22.9 Å². The fourth-order valence-electron chi connectivity index (χ4n) is 1.87. The molecule has 0 radical (unpaired) electrons. The Morgan fingerprint density at radius 2 is 2.05 bits per heavy atom. The van der Waals surface area contributed by atoms with Gasteiger partial charge in [-0.15, -0.1) is 11.3 Å². The first kappa shape index (κ1) is 15.5. The summed E-state index contributed by atoms with van der Waals surface area (Å²) in [5, 5.41) is 24.1. The maximum atomic E-state index is 12.1. The predicted octanol–water partition coefficient (Wildman–Crippen LogP) is 3.13. The molecule has 2 aromatic rings. The monoisotopic (exact) mass is 320 g/mol. The number of hydrogen-bond acceptors (Lipinski definition) is 4. The van der Waals surface area contributed by atoms with Crippen molar-refractivity contribution >= 4 is 28.8 Å². The quantitative estimate of drug-likeness (QED) is 0.909. The number of halogens is 1. The number of nitrogens with zero attached hydrogens (tertiary/aromatic N) is 1. The molecule has 1 heterocycles. The van der Waals surface area contributed by atoms with Crippen LogP contribution in [0, 0.1) is 11.3 Å². The van der Waals surface area contributed by atoms with Crippen molar-refractivity contribution in [1.29, 1.82) is 5.26 Å². The fraction of sp³-hybridized carbons (Fsp3) is 0.200. The van der Waals surface area contributed by atoms with Crippen molar-refractivity contribution in [1.82, 2.24) is 5.32 Å². The molecule has 0 aliphatic rings. The van der Waals surface area contributed by atoms with Gasteiger partial charge in [-0.3, -0.25) is 4.79 Å². The number of carbonyl (C=O) groups is 1. The molecule has 0 fully saturated rings. The van der Waals surface area contributed by atoms with E-state index in [1.807, 2.05) is 6.07 Å². The van der Waals surface area contributed by atoms with Crippen LogP contribution in [0.15, 0.2) is 35.7 Å². The van der Waals surface area contributed by atoms with E-state index >= 15 is 0 Å². The summed E-state index contributed by atoms with van der Waals surface area (Å²) in [6.07, 6.45) is -0.850. The molecule has 21 heavy (non-hydrogen) atoms. The molecule has 1 aromatic carbocycles. The van der Waals surface area contributed by atoms with Crippen molar-refractivity contribution in [3.63, 3.8) is 0 Å². The minimum Gasteiger partial charge on any atom is -0.386 e. The summed E-state index contributed by atoms with van der Waals surface area (Å²) in [4.78, 5) is 12.5. The van der Waals surface area contributed by atoms with Gasteiger partial charge in [0.1, 0.15) is 10.9 Å². The normalized spacial score (nSPS) is 13.2. The zero-order valence-electron chi connectivity index (χ0n) is 11.2. The number of benzene rings is 1. The summed E-state index contributed by atoms with van der Waals surface area (Å²) in [5.41, 5.74) is 1.00. The average molecular weight is 321 g/mol. The summed E-state index contributed by atoms with van der Waals surface area (Å²) < 4.78 is 0. The number of aliphatic hydroxyl groups excluding tert-OH is 1. The largest absolute Gasteiger partial charge is 0.386 e. The van der Waals surface area contributed by atoms with Gasteiger partial charge in [-0.05, 0) is 36.1 Å². The molecule has 1 amide bonds. The molecule has 0 saturated heterocycles. The molecule has 108 valence electrons. The molecule has 6 heteroatoms. The van der Waals surface area contributed by atoms with Crippen LogP contribution in [0.4, 0.5) is 0 Å². The standard InChI is InChI=1S/C15H13ClN2O2S/c1-9(13(19)10-2-4-12(16)5-3-10)18-15(20)14-11(8-17)6-7-21-14/h2-7,9,13,19H,1H3,(H,18,20). The van der Waals surface area contributed by atoms with Crippen molar-refractivity contribution < 1.29 is 9.90 Å². The van der Waals surface area contributed by atoms with E-state index in [0.717, 1.165) is 0 Å². The Morgan fingerprint density at radius 3 is 2.67 bits per heavy atom. The van der Waals surface area contributed by atoms with Gasteiger partial charge in [0.15, 0.2) is 0 Å². The lowest BCUT2D eigenvalue weighted by atomic mass is 10.0. The van der Waals surface area contributed by atoms with Crippen molar-refractivity contribution in [3.8, 4) is 6.07 Å². The summed E-state index contributed by atoms with van der Waals surface area (Å²) in [6, 6.07) is 9.86. The zero-order valence-corrected chi connectivity index (χ0v) is 12.8. The Labute approximate surface area is 131 Å². The topological polar surface area (TPSA) is 73.1 Å². The SMILES string of the molecule is CC(NC(=O)c1sccc1C#N)C(O)c1ccc(Cl)cc1. The lowest BCUT2D eigenvalue weighted by Gasteiger charge is -2.20. The Morgan fingerprint density at radius 1 is 1.38 bits per heavy atom. The van der Waals surface area contributed by atoms with Gasteiger partial charge >= 0.3 is 0 Å². The first-order valence-corrected chi connectivity index (χ1v) is 7.50. The second-order valence-corrected chi connectivity index (χ2v) is 5.89. The number of carbonyl (C=O) groups excluding carboxylic acids is 1. The molecule has 1 aromatic heterocycles. The molecule has 0 spiro atoms. The first-order chi connectivity index (χ1) is 10.0. The number of hydrogen-bond donors (Lipinski definition) is 2. The van der Waals surface area contributed by atoms with Crippen LogP contribution in [-0.4, -0.2) is 17.1 Å². The summed E-state index contributed by atoms with van der Waals surface area (Å²) in [7, 11) is 0. The number of thiophene rings is 1. The van der Waals surface area contributed by atoms with E-state index in [-0.39, 0.29) is 5.91 Å². The van der Waals surface area contributed by atoms with Crippen LogP contribution in [0.3, 0.4) is 0 Å². The minimum absolute atomic E-state index is 0.339. The lowest BCUT2D eigenvalue weighted by Crippen LogP contribution is -2.37. The molecule has 2 rings (SSSR count). The van der Waals surface area contributed by atoms with E-state index in [9.17, 15) is 9.90 Å². The van der Waals surface area contributed by atoms with Crippen LogP contribution in [0.1, 0.15) is 33.8 Å². The van der Waals surface area contributed by atoms with E-state index < -0.39 is 12.1 Å². The van der Waals surface area contributed by atoms with Crippen LogP contribution < -0.4 is 5.32 Å². The van der Waals surface area contributed by atoms with Crippen LogP contribution in [0.5, 0.6) is 0 Å². The lowest BCUT2D eigenvalue weighted by molar-refractivity contribution is 0.0855. The number of amides is 1. The van der Waals surface area contributed by atoms with E-state index in [1.54, 1.807) is 42.6 Å². The first-order valence-electron chi connectivity index (χ1n) is 6.25. The summed E-state index contributed by atoms with van der Waals surface area (Å²) in [6.45, 7) is 1.71. The van der Waals surface area contributed by atoms with Crippen LogP contribution in [-0.2, 0) is 0 Å². The molecule has 2 atom stereocenters.